The second kappa shape index (κ2) is 12.1. The minimum Gasteiger partial charge on any atom is -0.354 e. The Morgan fingerprint density at radius 2 is 1.71 bits per heavy atom. The third-order valence-electron chi connectivity index (χ3n) is 8.15. The number of rotatable bonds is 8. The molecular formula is C33H30N6O6. The Morgan fingerprint density at radius 3 is 2.38 bits per heavy atom. The van der Waals surface area contributed by atoms with Crippen LogP contribution in [0.5, 0.6) is 0 Å². The molecule has 2 saturated heterocycles. The van der Waals surface area contributed by atoms with E-state index in [1.165, 1.54) is 30.1 Å². The van der Waals surface area contributed by atoms with Crippen molar-refractivity contribution in [1.82, 2.24) is 15.1 Å². The second-order valence-electron chi connectivity index (χ2n) is 11.1. The summed E-state index contributed by atoms with van der Waals surface area (Å²) < 4.78 is 0. The zero-order valence-corrected chi connectivity index (χ0v) is 24.5. The molecule has 3 heterocycles. The van der Waals surface area contributed by atoms with Crippen LogP contribution in [0, 0.1) is 10.1 Å². The summed E-state index contributed by atoms with van der Waals surface area (Å²) in [4.78, 5) is 63.7. The highest BCUT2D eigenvalue weighted by molar-refractivity contribution is 6.37. The number of likely N-dealkylation sites (N-methyl/N-ethyl adjacent to an activating group) is 1. The molecule has 0 unspecified atom stereocenters. The van der Waals surface area contributed by atoms with Crippen LogP contribution in [-0.2, 0) is 20.8 Å². The fourth-order valence-electron chi connectivity index (χ4n) is 5.63. The van der Waals surface area contributed by atoms with Crippen LogP contribution < -0.4 is 16.0 Å². The Kier molecular flexibility index (Phi) is 7.86. The first-order chi connectivity index (χ1) is 21.7. The van der Waals surface area contributed by atoms with Gasteiger partial charge in [0.25, 0.3) is 17.5 Å². The van der Waals surface area contributed by atoms with Gasteiger partial charge in [-0.2, -0.15) is 0 Å². The number of fused-ring (bicyclic) bond motifs is 1. The van der Waals surface area contributed by atoms with Gasteiger partial charge >= 0.3 is 6.03 Å². The molecule has 228 valence electrons. The number of carbonyl (C=O) groups excluding carboxylic acids is 4. The molecule has 0 aliphatic carbocycles. The molecule has 45 heavy (non-hydrogen) atoms. The van der Waals surface area contributed by atoms with Gasteiger partial charge in [0.05, 0.1) is 16.2 Å². The van der Waals surface area contributed by atoms with Gasteiger partial charge in [-0.1, -0.05) is 36.4 Å². The van der Waals surface area contributed by atoms with Gasteiger partial charge < -0.3 is 15.5 Å². The Balaban J connectivity index is 1.33. The Bertz CT molecular complexity index is 1790. The normalized spacial score (nSPS) is 18.2. The van der Waals surface area contributed by atoms with Crippen LogP contribution in [0.1, 0.15) is 41.5 Å². The molecule has 0 spiro atoms. The summed E-state index contributed by atoms with van der Waals surface area (Å²) in [5.74, 6) is -0.701. The van der Waals surface area contributed by atoms with Crippen molar-refractivity contribution in [3.8, 4) is 0 Å². The Morgan fingerprint density at radius 1 is 0.956 bits per heavy atom. The van der Waals surface area contributed by atoms with Crippen molar-refractivity contribution < 1.29 is 24.1 Å². The van der Waals surface area contributed by atoms with Crippen LogP contribution >= 0.6 is 0 Å². The van der Waals surface area contributed by atoms with Gasteiger partial charge in [-0.3, -0.25) is 34.7 Å². The van der Waals surface area contributed by atoms with E-state index < -0.39 is 22.8 Å². The monoisotopic (exact) mass is 606 g/mol. The summed E-state index contributed by atoms with van der Waals surface area (Å²) in [5.41, 5.74) is 4.69. The molecular weight excluding hydrogens is 576 g/mol. The van der Waals surface area contributed by atoms with Gasteiger partial charge in [0.1, 0.15) is 5.70 Å². The number of hydrogen-bond donors (Lipinski definition) is 3. The summed E-state index contributed by atoms with van der Waals surface area (Å²) in [6.07, 6.45) is 4.83. The minimum atomic E-state index is -0.501. The maximum absolute atomic E-state index is 13.3. The molecule has 3 aliphatic rings. The van der Waals surface area contributed by atoms with E-state index in [-0.39, 0.29) is 22.9 Å². The van der Waals surface area contributed by atoms with Gasteiger partial charge in [0.15, 0.2) is 0 Å². The summed E-state index contributed by atoms with van der Waals surface area (Å²) in [5, 5.41) is 20.0. The molecule has 0 aromatic heterocycles. The van der Waals surface area contributed by atoms with Gasteiger partial charge in [0, 0.05) is 55.6 Å². The quantitative estimate of drug-likeness (QED) is 0.147. The number of carbonyl (C=O) groups is 4. The van der Waals surface area contributed by atoms with E-state index >= 15 is 0 Å². The average Bonchev–Trinajstić information content (AvgIpc) is 3.49. The molecule has 0 bridgehead atoms. The number of hydrogen-bond acceptors (Lipinski definition) is 7. The number of likely N-dealkylation sites (tertiary alicyclic amines) is 1. The van der Waals surface area contributed by atoms with Crippen molar-refractivity contribution in [2.24, 2.45) is 0 Å². The molecule has 5 amide bonds. The smallest absolute Gasteiger partial charge is 0.328 e. The number of benzene rings is 3. The summed E-state index contributed by atoms with van der Waals surface area (Å²) in [7, 11) is 1.51. The van der Waals surface area contributed by atoms with Crippen molar-refractivity contribution in [2.45, 2.75) is 25.7 Å². The number of nitrogens with zero attached hydrogens (tertiary/aromatic N) is 3. The van der Waals surface area contributed by atoms with E-state index in [0.717, 1.165) is 24.9 Å². The molecule has 12 heteroatoms. The predicted octanol–water partition coefficient (Wildman–Crippen LogP) is 4.60. The third kappa shape index (κ3) is 6.03. The summed E-state index contributed by atoms with van der Waals surface area (Å²) >= 11 is 0. The molecule has 0 atom stereocenters. The Hall–Kier alpha value is -5.78. The lowest BCUT2D eigenvalue weighted by atomic mass is 9.98. The molecule has 0 saturated carbocycles. The minimum absolute atomic E-state index is 0.138. The van der Waals surface area contributed by atoms with E-state index in [4.69, 9.17) is 0 Å². The molecule has 6 rings (SSSR count). The molecule has 2 fully saturated rings. The Labute approximate surface area is 258 Å². The number of non-ortho nitro benzene ring substituents is 1. The zero-order valence-electron chi connectivity index (χ0n) is 24.5. The van der Waals surface area contributed by atoms with Crippen LogP contribution in [0.3, 0.4) is 0 Å². The lowest BCUT2D eigenvalue weighted by Gasteiger charge is -2.26. The third-order valence-corrected chi connectivity index (χ3v) is 8.15. The number of urea groups is 1. The predicted molar refractivity (Wildman–Crippen MR) is 168 cm³/mol. The molecule has 0 radical (unpaired) electrons. The van der Waals surface area contributed by atoms with Gasteiger partial charge in [-0.15, -0.1) is 0 Å². The lowest BCUT2D eigenvalue weighted by molar-refractivity contribution is -0.384. The summed E-state index contributed by atoms with van der Waals surface area (Å²) in [6, 6.07) is 18.5. The van der Waals surface area contributed by atoms with E-state index in [1.807, 2.05) is 29.2 Å². The SMILES string of the molecule is CN1C(=O)NC(=O)/C1=C/c1ccc(N/C(=C2\C(=O)Nc3ccc([N+](=O)[O-])cc32)c2ccc(CCN3CCCCC3=O)cc2)cc1. The number of amides is 5. The number of piperidine rings is 1. The largest absolute Gasteiger partial charge is 0.354 e. The van der Waals surface area contributed by atoms with Crippen LogP contribution in [0.2, 0.25) is 0 Å². The van der Waals surface area contributed by atoms with E-state index in [2.05, 4.69) is 16.0 Å². The van der Waals surface area contributed by atoms with E-state index in [9.17, 15) is 29.3 Å². The first-order valence-electron chi connectivity index (χ1n) is 14.6. The highest BCUT2D eigenvalue weighted by Crippen LogP contribution is 2.39. The molecule has 12 nitrogen and oxygen atoms in total. The molecule has 3 aliphatic heterocycles. The first-order valence-corrected chi connectivity index (χ1v) is 14.6. The topological polar surface area (TPSA) is 154 Å². The van der Waals surface area contributed by atoms with Crippen molar-refractivity contribution in [2.75, 3.05) is 30.8 Å². The first kappa shape index (κ1) is 29.3. The molecule has 3 N–H and O–H groups in total. The van der Waals surface area contributed by atoms with E-state index in [0.29, 0.717) is 53.1 Å². The fraction of sp³-hybridized carbons (Fsp3) is 0.212. The maximum Gasteiger partial charge on any atom is 0.328 e. The molecule has 3 aromatic carbocycles. The van der Waals surface area contributed by atoms with Crippen LogP contribution in [0.4, 0.5) is 21.9 Å². The van der Waals surface area contributed by atoms with Crippen LogP contribution in [-0.4, -0.2) is 58.6 Å². The van der Waals surface area contributed by atoms with Gasteiger partial charge in [-0.25, -0.2) is 4.79 Å². The lowest BCUT2D eigenvalue weighted by Crippen LogP contribution is -2.36. The van der Waals surface area contributed by atoms with Crippen molar-refractivity contribution in [3.63, 3.8) is 0 Å². The summed E-state index contributed by atoms with van der Waals surface area (Å²) in [6.45, 7) is 1.41. The van der Waals surface area contributed by atoms with E-state index in [1.54, 1.807) is 30.3 Å². The number of nitro benzene ring substituents is 1. The fourth-order valence-corrected chi connectivity index (χ4v) is 5.63. The van der Waals surface area contributed by atoms with Crippen molar-refractivity contribution in [3.05, 3.63) is 105 Å². The number of nitrogens with one attached hydrogen (secondary N) is 3. The van der Waals surface area contributed by atoms with Crippen molar-refractivity contribution >= 4 is 58.2 Å². The van der Waals surface area contributed by atoms with Gasteiger partial charge in [-0.05, 0) is 60.2 Å². The standard InChI is InChI=1S/C33H30N6O6/c1-37-27(31(41)36-33(37)43)18-21-7-11-23(12-8-21)34-30(29-25-19-24(39(44)45)13-14-26(25)35-32(29)42)22-9-5-20(6-10-22)15-17-38-16-3-2-4-28(38)40/h5-14,18-19,34H,2-4,15-17H2,1H3,(H,35,42)(H,36,41,43)/b27-18-,30-29-. The second-order valence-corrected chi connectivity index (χ2v) is 11.1. The highest BCUT2D eigenvalue weighted by atomic mass is 16.6. The van der Waals surface area contributed by atoms with Crippen LogP contribution in [0.25, 0.3) is 17.3 Å². The number of nitro groups is 1. The van der Waals surface area contributed by atoms with Gasteiger partial charge in [0.2, 0.25) is 5.91 Å². The maximum atomic E-state index is 13.3. The number of anilines is 2. The van der Waals surface area contributed by atoms with Crippen molar-refractivity contribution in [1.29, 1.82) is 0 Å². The zero-order chi connectivity index (χ0) is 31.7. The average molecular weight is 607 g/mol. The molecule has 3 aromatic rings. The van der Waals surface area contributed by atoms with Crippen LogP contribution in [0.15, 0.2) is 72.4 Å². The highest BCUT2D eigenvalue weighted by Gasteiger charge is 2.31. The number of imide groups is 1.